The van der Waals surface area contributed by atoms with E-state index in [2.05, 4.69) is 17.6 Å². The molecule has 0 aromatic heterocycles. The normalized spacial score (nSPS) is 24.9. The smallest absolute Gasteiger partial charge is 0.229 e. The summed E-state index contributed by atoms with van der Waals surface area (Å²) in [5, 5.41) is 6.98. The lowest BCUT2D eigenvalue weighted by Gasteiger charge is -2.29. The van der Waals surface area contributed by atoms with Crippen LogP contribution in [-0.4, -0.2) is 25.1 Å². The van der Waals surface area contributed by atoms with Crippen LogP contribution >= 0.6 is 11.6 Å². The number of anilines is 1. The van der Waals surface area contributed by atoms with E-state index in [9.17, 15) is 4.79 Å². The minimum atomic E-state index is -0.000199. The number of piperidine rings is 1. The van der Waals surface area contributed by atoms with Crippen LogP contribution in [0.2, 0.25) is 5.02 Å². The summed E-state index contributed by atoms with van der Waals surface area (Å²) in [6.45, 7) is 3.70. The maximum absolute atomic E-state index is 12.4. The Bertz CT molecular complexity index is 533. The van der Waals surface area contributed by atoms with Gasteiger partial charge in [-0.25, -0.2) is 0 Å². The van der Waals surface area contributed by atoms with Crippen LogP contribution in [0.1, 0.15) is 25.3 Å². The quantitative estimate of drug-likeness (QED) is 0.881. The Morgan fingerprint density at radius 3 is 3.15 bits per heavy atom. The molecule has 0 spiro atoms. The summed E-state index contributed by atoms with van der Waals surface area (Å²) in [6.07, 6.45) is 2.80. The molecule has 4 nitrogen and oxygen atoms in total. The van der Waals surface area contributed by atoms with Crippen LogP contribution in [0.25, 0.3) is 0 Å². The number of fused-ring (bicyclic) bond motifs is 1. The van der Waals surface area contributed by atoms with Crippen LogP contribution in [-0.2, 0) is 11.2 Å². The van der Waals surface area contributed by atoms with Gasteiger partial charge < -0.3 is 15.4 Å². The molecular formula is C15H19ClN2O2. The van der Waals surface area contributed by atoms with Gasteiger partial charge in [-0.2, -0.15) is 0 Å². The van der Waals surface area contributed by atoms with Crippen molar-refractivity contribution in [1.82, 2.24) is 5.32 Å². The van der Waals surface area contributed by atoms with Crippen LogP contribution in [0.3, 0.4) is 0 Å². The third-order valence-corrected chi connectivity index (χ3v) is 4.32. The predicted molar refractivity (Wildman–Crippen MR) is 79.5 cm³/mol. The van der Waals surface area contributed by atoms with E-state index < -0.39 is 0 Å². The molecule has 2 heterocycles. The number of amides is 1. The molecule has 108 valence electrons. The van der Waals surface area contributed by atoms with Crippen molar-refractivity contribution in [2.45, 2.75) is 32.2 Å². The third kappa shape index (κ3) is 2.63. The highest BCUT2D eigenvalue weighted by Crippen LogP contribution is 2.37. The molecule has 1 aromatic rings. The number of nitrogens with one attached hydrogen (secondary N) is 2. The standard InChI is InChI=1S/C15H19ClN2O2/c1-9-12(3-2-5-17-9)15(19)18-13-8-11(16)7-10-4-6-20-14(10)13/h7-9,12,17H,2-6H2,1H3,(H,18,19). The fourth-order valence-corrected chi connectivity index (χ4v) is 3.23. The van der Waals surface area contributed by atoms with Gasteiger partial charge in [-0.15, -0.1) is 0 Å². The van der Waals surface area contributed by atoms with Gasteiger partial charge >= 0.3 is 0 Å². The molecule has 2 aliphatic heterocycles. The predicted octanol–water partition coefficient (Wildman–Crippen LogP) is 2.60. The highest BCUT2D eigenvalue weighted by Gasteiger charge is 2.29. The molecule has 3 rings (SSSR count). The molecule has 1 fully saturated rings. The molecule has 2 N–H and O–H groups in total. The largest absolute Gasteiger partial charge is 0.491 e. The minimum absolute atomic E-state index is 0.000199. The van der Waals surface area contributed by atoms with Crippen molar-refractivity contribution in [3.05, 3.63) is 22.7 Å². The van der Waals surface area contributed by atoms with Crippen molar-refractivity contribution < 1.29 is 9.53 Å². The van der Waals surface area contributed by atoms with Crippen molar-refractivity contribution in [2.75, 3.05) is 18.5 Å². The number of carbonyl (C=O) groups excluding carboxylic acids is 1. The lowest BCUT2D eigenvalue weighted by atomic mass is 9.91. The van der Waals surface area contributed by atoms with E-state index in [1.807, 2.05) is 6.07 Å². The minimum Gasteiger partial charge on any atom is -0.491 e. The average molecular weight is 295 g/mol. The molecule has 2 atom stereocenters. The van der Waals surface area contributed by atoms with E-state index in [1.165, 1.54) is 0 Å². The van der Waals surface area contributed by atoms with Crippen molar-refractivity contribution in [2.24, 2.45) is 5.92 Å². The Morgan fingerprint density at radius 2 is 2.35 bits per heavy atom. The first kappa shape index (κ1) is 13.7. The van der Waals surface area contributed by atoms with E-state index in [4.69, 9.17) is 16.3 Å². The summed E-state index contributed by atoms with van der Waals surface area (Å²) in [6, 6.07) is 3.88. The second-order valence-corrected chi connectivity index (χ2v) is 5.96. The molecule has 20 heavy (non-hydrogen) atoms. The molecular weight excluding hydrogens is 276 g/mol. The summed E-state index contributed by atoms with van der Waals surface area (Å²) in [5.74, 6) is 0.823. The Hall–Kier alpha value is -1.26. The van der Waals surface area contributed by atoms with Gasteiger partial charge in [0.1, 0.15) is 5.75 Å². The zero-order valence-electron chi connectivity index (χ0n) is 11.5. The van der Waals surface area contributed by atoms with Crippen molar-refractivity contribution in [1.29, 1.82) is 0 Å². The van der Waals surface area contributed by atoms with Gasteiger partial charge in [-0.05, 0) is 38.4 Å². The molecule has 2 unspecified atom stereocenters. The first-order chi connectivity index (χ1) is 9.65. The van der Waals surface area contributed by atoms with Gasteiger partial charge in [-0.3, -0.25) is 4.79 Å². The zero-order valence-corrected chi connectivity index (χ0v) is 12.3. The van der Waals surface area contributed by atoms with Gasteiger partial charge in [-0.1, -0.05) is 11.6 Å². The number of hydrogen-bond acceptors (Lipinski definition) is 3. The summed E-state index contributed by atoms with van der Waals surface area (Å²) >= 11 is 6.11. The second-order valence-electron chi connectivity index (χ2n) is 5.52. The van der Waals surface area contributed by atoms with Gasteiger partial charge in [0.05, 0.1) is 18.2 Å². The summed E-state index contributed by atoms with van der Waals surface area (Å²) in [4.78, 5) is 12.4. The molecule has 1 saturated heterocycles. The van der Waals surface area contributed by atoms with E-state index in [1.54, 1.807) is 6.07 Å². The Kier molecular flexibility index (Phi) is 3.85. The maximum Gasteiger partial charge on any atom is 0.229 e. The SMILES string of the molecule is CC1NCCCC1C(=O)Nc1cc(Cl)cc2c1OCC2. The van der Waals surface area contributed by atoms with Crippen LogP contribution in [0.5, 0.6) is 5.75 Å². The van der Waals surface area contributed by atoms with Gasteiger partial charge in [0.15, 0.2) is 0 Å². The zero-order chi connectivity index (χ0) is 14.1. The Balaban J connectivity index is 1.79. The molecule has 5 heteroatoms. The molecule has 2 aliphatic rings. The van der Waals surface area contributed by atoms with Crippen molar-refractivity contribution >= 4 is 23.2 Å². The van der Waals surface area contributed by atoms with Gasteiger partial charge in [0, 0.05) is 23.0 Å². The van der Waals surface area contributed by atoms with E-state index >= 15 is 0 Å². The highest BCUT2D eigenvalue weighted by atomic mass is 35.5. The molecule has 0 bridgehead atoms. The number of rotatable bonds is 2. The number of carbonyl (C=O) groups is 1. The number of hydrogen-bond donors (Lipinski definition) is 2. The van der Waals surface area contributed by atoms with E-state index in [0.717, 1.165) is 37.1 Å². The van der Waals surface area contributed by atoms with Crippen LogP contribution in [0.15, 0.2) is 12.1 Å². The molecule has 0 radical (unpaired) electrons. The lowest BCUT2D eigenvalue weighted by molar-refractivity contribution is -0.121. The second kappa shape index (κ2) is 5.62. The van der Waals surface area contributed by atoms with Crippen LogP contribution in [0.4, 0.5) is 5.69 Å². The van der Waals surface area contributed by atoms with Gasteiger partial charge in [0.2, 0.25) is 5.91 Å². The maximum atomic E-state index is 12.4. The van der Waals surface area contributed by atoms with Crippen LogP contribution < -0.4 is 15.4 Å². The third-order valence-electron chi connectivity index (χ3n) is 4.10. The monoisotopic (exact) mass is 294 g/mol. The highest BCUT2D eigenvalue weighted by molar-refractivity contribution is 6.31. The number of benzene rings is 1. The van der Waals surface area contributed by atoms with Crippen LogP contribution in [0, 0.1) is 5.92 Å². The summed E-state index contributed by atoms with van der Waals surface area (Å²) in [7, 11) is 0. The lowest BCUT2D eigenvalue weighted by Crippen LogP contribution is -2.44. The average Bonchev–Trinajstić information content (AvgIpc) is 2.87. The van der Waals surface area contributed by atoms with Gasteiger partial charge in [0.25, 0.3) is 0 Å². The van der Waals surface area contributed by atoms with Crippen molar-refractivity contribution in [3.8, 4) is 5.75 Å². The van der Waals surface area contributed by atoms with E-state index in [0.29, 0.717) is 17.3 Å². The molecule has 0 saturated carbocycles. The Morgan fingerprint density at radius 1 is 1.50 bits per heavy atom. The van der Waals surface area contributed by atoms with Crippen molar-refractivity contribution in [3.63, 3.8) is 0 Å². The molecule has 1 aromatic carbocycles. The first-order valence-electron chi connectivity index (χ1n) is 7.14. The Labute approximate surface area is 123 Å². The summed E-state index contributed by atoms with van der Waals surface area (Å²) in [5.41, 5.74) is 1.77. The van der Waals surface area contributed by atoms with E-state index in [-0.39, 0.29) is 17.9 Å². The summed E-state index contributed by atoms with van der Waals surface area (Å²) < 4.78 is 5.61. The topological polar surface area (TPSA) is 50.4 Å². The first-order valence-corrected chi connectivity index (χ1v) is 7.52. The molecule has 0 aliphatic carbocycles. The number of halogens is 1. The number of ether oxygens (including phenoxy) is 1. The fraction of sp³-hybridized carbons (Fsp3) is 0.533. The molecule has 1 amide bonds. The fourth-order valence-electron chi connectivity index (χ4n) is 2.99.